The van der Waals surface area contributed by atoms with Crippen molar-refractivity contribution in [1.29, 1.82) is 0 Å². The van der Waals surface area contributed by atoms with Crippen molar-refractivity contribution in [3.8, 4) is 11.5 Å². The fraction of sp³-hybridized carbons (Fsp3) is 0.200. The molecule has 0 atom stereocenters. The van der Waals surface area contributed by atoms with Crippen LogP contribution < -0.4 is 9.47 Å². The predicted octanol–water partition coefficient (Wildman–Crippen LogP) is 4.21. The molecule has 0 bridgehead atoms. The molecule has 2 nitrogen and oxygen atoms in total. The van der Waals surface area contributed by atoms with Crippen molar-refractivity contribution in [2.45, 2.75) is 11.0 Å². The Balaban J connectivity index is 2.09. The summed E-state index contributed by atoms with van der Waals surface area (Å²) < 4.78 is 12.1. The number of methoxy groups -OCH3 is 1. The van der Waals surface area contributed by atoms with Gasteiger partial charge in [0.2, 0.25) is 0 Å². The molecule has 0 aliphatic carbocycles. The van der Waals surface area contributed by atoms with Gasteiger partial charge in [-0.1, -0.05) is 59.0 Å². The molecule has 0 fully saturated rings. The van der Waals surface area contributed by atoms with Gasteiger partial charge in [0, 0.05) is 4.43 Å². The van der Waals surface area contributed by atoms with Crippen LogP contribution in [0.25, 0.3) is 0 Å². The molecule has 0 saturated heterocycles. The van der Waals surface area contributed by atoms with Crippen LogP contribution in [0.5, 0.6) is 11.5 Å². The second-order valence-electron chi connectivity index (χ2n) is 3.89. The summed E-state index contributed by atoms with van der Waals surface area (Å²) in [6, 6.07) is 16.2. The molecule has 0 amide bonds. The molecule has 94 valence electrons. The largest absolute Gasteiger partial charge is 0.493 e. The standard InChI is InChI=1S/C15H15IO2/c1-17-15-9-13(10-16)7-8-14(15)18-11-12-5-3-2-4-6-12/h2-9H,10-11H2,1H3. The Bertz CT molecular complexity index is 497. The number of ether oxygens (including phenoxy) is 2. The molecule has 0 saturated carbocycles. The summed E-state index contributed by atoms with van der Waals surface area (Å²) in [5, 5.41) is 0. The van der Waals surface area contributed by atoms with Crippen LogP contribution in [-0.4, -0.2) is 7.11 Å². The Kier molecular flexibility index (Phi) is 4.87. The van der Waals surface area contributed by atoms with E-state index in [1.165, 1.54) is 5.56 Å². The maximum absolute atomic E-state index is 5.79. The molecule has 2 aromatic rings. The number of hydrogen-bond donors (Lipinski definition) is 0. The van der Waals surface area contributed by atoms with Crippen LogP contribution in [-0.2, 0) is 11.0 Å². The highest BCUT2D eigenvalue weighted by Gasteiger charge is 2.05. The Morgan fingerprint density at radius 3 is 2.39 bits per heavy atom. The van der Waals surface area contributed by atoms with Gasteiger partial charge in [-0.25, -0.2) is 0 Å². The van der Waals surface area contributed by atoms with Crippen molar-refractivity contribution in [2.24, 2.45) is 0 Å². The number of rotatable bonds is 5. The molecule has 2 rings (SSSR count). The Morgan fingerprint density at radius 1 is 0.944 bits per heavy atom. The van der Waals surface area contributed by atoms with Crippen LogP contribution >= 0.6 is 22.6 Å². The molecule has 3 heteroatoms. The molecule has 0 aromatic heterocycles. The molecule has 0 aliphatic rings. The van der Waals surface area contributed by atoms with E-state index in [1.54, 1.807) is 7.11 Å². The van der Waals surface area contributed by atoms with Gasteiger partial charge in [-0.2, -0.15) is 0 Å². The van der Waals surface area contributed by atoms with Crippen molar-refractivity contribution in [2.75, 3.05) is 7.11 Å². The summed E-state index contributed by atoms with van der Waals surface area (Å²) in [7, 11) is 1.67. The highest BCUT2D eigenvalue weighted by Crippen LogP contribution is 2.29. The van der Waals surface area contributed by atoms with Gasteiger partial charge in [0.25, 0.3) is 0 Å². The average Bonchev–Trinajstić information content (AvgIpc) is 2.46. The molecule has 2 aromatic carbocycles. The fourth-order valence-corrected chi connectivity index (χ4v) is 2.12. The third-order valence-electron chi connectivity index (χ3n) is 2.62. The van der Waals surface area contributed by atoms with Crippen LogP contribution in [0, 0.1) is 0 Å². The second kappa shape index (κ2) is 6.64. The first-order valence-corrected chi connectivity index (χ1v) is 7.25. The average molecular weight is 354 g/mol. The van der Waals surface area contributed by atoms with Gasteiger partial charge in [-0.05, 0) is 23.3 Å². The number of benzene rings is 2. The van der Waals surface area contributed by atoms with Gasteiger partial charge in [0.1, 0.15) is 6.61 Å². The lowest BCUT2D eigenvalue weighted by Crippen LogP contribution is -1.98. The maximum atomic E-state index is 5.79. The van der Waals surface area contributed by atoms with Gasteiger partial charge < -0.3 is 9.47 Å². The van der Waals surface area contributed by atoms with Crippen molar-refractivity contribution >= 4 is 22.6 Å². The van der Waals surface area contributed by atoms with E-state index < -0.39 is 0 Å². The van der Waals surface area contributed by atoms with E-state index in [1.807, 2.05) is 42.5 Å². The Labute approximate surface area is 121 Å². The first kappa shape index (κ1) is 13.2. The second-order valence-corrected chi connectivity index (χ2v) is 4.66. The zero-order valence-electron chi connectivity index (χ0n) is 10.2. The van der Waals surface area contributed by atoms with E-state index >= 15 is 0 Å². The first-order valence-electron chi connectivity index (χ1n) is 5.73. The van der Waals surface area contributed by atoms with E-state index in [-0.39, 0.29) is 0 Å². The lowest BCUT2D eigenvalue weighted by Gasteiger charge is -2.11. The van der Waals surface area contributed by atoms with Crippen molar-refractivity contribution in [3.63, 3.8) is 0 Å². The van der Waals surface area contributed by atoms with Gasteiger partial charge in [-0.3, -0.25) is 0 Å². The lowest BCUT2D eigenvalue weighted by molar-refractivity contribution is 0.284. The van der Waals surface area contributed by atoms with Gasteiger partial charge in [-0.15, -0.1) is 0 Å². The number of alkyl halides is 1. The molecular weight excluding hydrogens is 339 g/mol. The number of halogens is 1. The minimum atomic E-state index is 0.556. The van der Waals surface area contributed by atoms with Crippen LogP contribution in [0.15, 0.2) is 48.5 Å². The predicted molar refractivity (Wildman–Crippen MR) is 81.5 cm³/mol. The Hall–Kier alpha value is -1.23. The molecule has 0 spiro atoms. The highest BCUT2D eigenvalue weighted by molar-refractivity contribution is 14.1. The van der Waals surface area contributed by atoms with Gasteiger partial charge in [0.15, 0.2) is 11.5 Å². The van der Waals surface area contributed by atoms with Crippen molar-refractivity contribution < 1.29 is 9.47 Å². The third kappa shape index (κ3) is 3.38. The van der Waals surface area contributed by atoms with E-state index in [0.29, 0.717) is 6.61 Å². The van der Waals surface area contributed by atoms with Crippen LogP contribution in [0.2, 0.25) is 0 Å². The molecule has 0 unspecified atom stereocenters. The molecule has 0 heterocycles. The monoisotopic (exact) mass is 354 g/mol. The summed E-state index contributed by atoms with van der Waals surface area (Å²) in [4.78, 5) is 0. The molecule has 18 heavy (non-hydrogen) atoms. The first-order chi connectivity index (χ1) is 8.83. The summed E-state index contributed by atoms with van der Waals surface area (Å²) in [6.07, 6.45) is 0. The van der Waals surface area contributed by atoms with E-state index in [0.717, 1.165) is 21.5 Å². The van der Waals surface area contributed by atoms with Crippen molar-refractivity contribution in [1.82, 2.24) is 0 Å². The zero-order valence-corrected chi connectivity index (χ0v) is 12.4. The van der Waals surface area contributed by atoms with Gasteiger partial charge in [0.05, 0.1) is 7.11 Å². The molecule has 0 aliphatic heterocycles. The van der Waals surface area contributed by atoms with Crippen molar-refractivity contribution in [3.05, 3.63) is 59.7 Å². The summed E-state index contributed by atoms with van der Waals surface area (Å²) in [5.74, 6) is 1.58. The summed E-state index contributed by atoms with van der Waals surface area (Å²) in [6.45, 7) is 0.556. The van der Waals surface area contributed by atoms with Crippen LogP contribution in [0.3, 0.4) is 0 Å². The normalized spacial score (nSPS) is 10.1. The summed E-state index contributed by atoms with van der Waals surface area (Å²) in [5.41, 5.74) is 2.39. The molecule has 0 N–H and O–H groups in total. The van der Waals surface area contributed by atoms with E-state index in [4.69, 9.17) is 9.47 Å². The minimum absolute atomic E-state index is 0.556. The Morgan fingerprint density at radius 2 is 1.72 bits per heavy atom. The number of hydrogen-bond acceptors (Lipinski definition) is 2. The topological polar surface area (TPSA) is 18.5 Å². The van der Waals surface area contributed by atoms with E-state index in [2.05, 4.69) is 28.7 Å². The minimum Gasteiger partial charge on any atom is -0.493 e. The van der Waals surface area contributed by atoms with Crippen LogP contribution in [0.1, 0.15) is 11.1 Å². The maximum Gasteiger partial charge on any atom is 0.161 e. The third-order valence-corrected chi connectivity index (χ3v) is 3.50. The van der Waals surface area contributed by atoms with Crippen LogP contribution in [0.4, 0.5) is 0 Å². The molecular formula is C15H15IO2. The van der Waals surface area contributed by atoms with E-state index in [9.17, 15) is 0 Å². The molecule has 0 radical (unpaired) electrons. The lowest BCUT2D eigenvalue weighted by atomic mass is 10.2. The smallest absolute Gasteiger partial charge is 0.161 e. The summed E-state index contributed by atoms with van der Waals surface area (Å²) >= 11 is 2.33. The highest BCUT2D eigenvalue weighted by atomic mass is 127. The van der Waals surface area contributed by atoms with Gasteiger partial charge >= 0.3 is 0 Å². The SMILES string of the molecule is COc1cc(CI)ccc1OCc1ccccc1. The quantitative estimate of drug-likeness (QED) is 0.592. The zero-order chi connectivity index (χ0) is 12.8. The fourth-order valence-electron chi connectivity index (χ4n) is 1.65.